The zero-order valence-electron chi connectivity index (χ0n) is 16.8. The molecule has 0 heterocycles. The van der Waals surface area contributed by atoms with E-state index in [1.807, 2.05) is 55.5 Å². The van der Waals surface area contributed by atoms with E-state index in [1.165, 1.54) is 0 Å². The average Bonchev–Trinajstić information content (AvgIpc) is 2.81. The molecule has 0 fully saturated rings. The van der Waals surface area contributed by atoms with Crippen LogP contribution in [0.1, 0.15) is 23.7 Å². The smallest absolute Gasteiger partial charge is 0.276 e. The average molecular weight is 404 g/mol. The van der Waals surface area contributed by atoms with Crippen LogP contribution in [0.25, 0.3) is 11.1 Å². The molecule has 0 spiro atoms. The highest BCUT2D eigenvalue weighted by Gasteiger charge is 2.10. The summed E-state index contributed by atoms with van der Waals surface area (Å²) in [5.41, 5.74) is 7.04. The van der Waals surface area contributed by atoms with Gasteiger partial charge < -0.3 is 9.47 Å². The monoisotopic (exact) mass is 404 g/mol. The number of benzene rings is 3. The molecule has 6 nitrogen and oxygen atoms in total. The molecule has 3 rings (SSSR count). The zero-order chi connectivity index (χ0) is 21.2. The van der Waals surface area contributed by atoms with Crippen LogP contribution in [0, 0.1) is 0 Å². The number of ether oxygens (including phenoxy) is 2. The SMILES string of the molecule is CCCOc1ccc(C(=O)NNC(=O)COc2ccccc2-c2ccccc2)cc1. The van der Waals surface area contributed by atoms with Crippen molar-refractivity contribution in [3.63, 3.8) is 0 Å². The summed E-state index contributed by atoms with van der Waals surface area (Å²) in [4.78, 5) is 24.3. The first-order valence-electron chi connectivity index (χ1n) is 9.76. The molecule has 6 heteroatoms. The van der Waals surface area contributed by atoms with Gasteiger partial charge in [-0.3, -0.25) is 20.4 Å². The van der Waals surface area contributed by atoms with Crippen LogP contribution in [0.3, 0.4) is 0 Å². The van der Waals surface area contributed by atoms with Crippen molar-refractivity contribution in [2.45, 2.75) is 13.3 Å². The van der Waals surface area contributed by atoms with Crippen molar-refractivity contribution in [2.75, 3.05) is 13.2 Å². The number of carbonyl (C=O) groups excluding carboxylic acids is 2. The van der Waals surface area contributed by atoms with E-state index in [-0.39, 0.29) is 6.61 Å². The third kappa shape index (κ3) is 5.85. The highest BCUT2D eigenvalue weighted by Crippen LogP contribution is 2.29. The minimum Gasteiger partial charge on any atom is -0.494 e. The third-order valence-corrected chi connectivity index (χ3v) is 4.24. The summed E-state index contributed by atoms with van der Waals surface area (Å²) in [7, 11) is 0. The summed E-state index contributed by atoms with van der Waals surface area (Å²) in [5.74, 6) is 0.403. The summed E-state index contributed by atoms with van der Waals surface area (Å²) in [5, 5.41) is 0. The van der Waals surface area contributed by atoms with Gasteiger partial charge in [0.05, 0.1) is 6.61 Å². The van der Waals surface area contributed by atoms with Gasteiger partial charge in [0.15, 0.2) is 6.61 Å². The fraction of sp³-hybridized carbons (Fsp3) is 0.167. The number of para-hydroxylation sites is 1. The van der Waals surface area contributed by atoms with Gasteiger partial charge in [-0.1, -0.05) is 55.5 Å². The quantitative estimate of drug-likeness (QED) is 0.557. The van der Waals surface area contributed by atoms with E-state index >= 15 is 0 Å². The van der Waals surface area contributed by atoms with Gasteiger partial charge in [-0.15, -0.1) is 0 Å². The molecule has 154 valence electrons. The molecule has 3 aromatic carbocycles. The largest absolute Gasteiger partial charge is 0.494 e. The van der Waals surface area contributed by atoms with E-state index in [1.54, 1.807) is 30.3 Å². The Morgan fingerprint density at radius 3 is 2.23 bits per heavy atom. The summed E-state index contributed by atoms with van der Waals surface area (Å²) < 4.78 is 11.2. The maximum absolute atomic E-state index is 12.2. The Morgan fingerprint density at radius 2 is 1.50 bits per heavy atom. The Labute approximate surface area is 175 Å². The molecule has 2 amide bonds. The van der Waals surface area contributed by atoms with Crippen LogP contribution in [0.4, 0.5) is 0 Å². The van der Waals surface area contributed by atoms with Crippen molar-refractivity contribution in [2.24, 2.45) is 0 Å². The molecule has 0 unspecified atom stereocenters. The molecule has 0 bridgehead atoms. The van der Waals surface area contributed by atoms with Gasteiger partial charge in [0, 0.05) is 11.1 Å². The first-order valence-corrected chi connectivity index (χ1v) is 9.76. The summed E-state index contributed by atoms with van der Waals surface area (Å²) >= 11 is 0. The van der Waals surface area contributed by atoms with Crippen LogP contribution in [-0.2, 0) is 4.79 Å². The molecule has 0 atom stereocenters. The fourth-order valence-corrected chi connectivity index (χ4v) is 2.75. The lowest BCUT2D eigenvalue weighted by Gasteiger charge is -2.12. The Bertz CT molecular complexity index is 972. The highest BCUT2D eigenvalue weighted by atomic mass is 16.5. The van der Waals surface area contributed by atoms with Crippen molar-refractivity contribution in [1.82, 2.24) is 10.9 Å². The minimum absolute atomic E-state index is 0.228. The second-order valence-electron chi connectivity index (χ2n) is 6.53. The van der Waals surface area contributed by atoms with E-state index in [9.17, 15) is 9.59 Å². The molecule has 0 aliphatic carbocycles. The van der Waals surface area contributed by atoms with E-state index in [0.717, 1.165) is 17.5 Å². The van der Waals surface area contributed by atoms with Crippen LogP contribution in [0.2, 0.25) is 0 Å². The maximum atomic E-state index is 12.2. The molecule has 0 aliphatic heterocycles. The van der Waals surface area contributed by atoms with Crippen LogP contribution in [0.5, 0.6) is 11.5 Å². The summed E-state index contributed by atoms with van der Waals surface area (Å²) in [6.45, 7) is 2.41. The highest BCUT2D eigenvalue weighted by molar-refractivity contribution is 5.95. The van der Waals surface area contributed by atoms with Crippen LogP contribution in [-0.4, -0.2) is 25.0 Å². The van der Waals surface area contributed by atoms with Crippen molar-refractivity contribution in [3.05, 3.63) is 84.4 Å². The molecule has 0 radical (unpaired) electrons. The van der Waals surface area contributed by atoms with Crippen LogP contribution < -0.4 is 20.3 Å². The maximum Gasteiger partial charge on any atom is 0.276 e. The molecule has 30 heavy (non-hydrogen) atoms. The second kappa shape index (κ2) is 10.7. The van der Waals surface area contributed by atoms with Crippen LogP contribution in [0.15, 0.2) is 78.9 Å². The molecule has 0 saturated heterocycles. The van der Waals surface area contributed by atoms with E-state index in [2.05, 4.69) is 10.9 Å². The number of hydrogen-bond donors (Lipinski definition) is 2. The zero-order valence-corrected chi connectivity index (χ0v) is 16.8. The third-order valence-electron chi connectivity index (χ3n) is 4.24. The Kier molecular flexibility index (Phi) is 7.44. The van der Waals surface area contributed by atoms with E-state index in [0.29, 0.717) is 23.7 Å². The van der Waals surface area contributed by atoms with E-state index in [4.69, 9.17) is 9.47 Å². The molecule has 2 N–H and O–H groups in total. The lowest BCUT2D eigenvalue weighted by Crippen LogP contribution is -2.43. The number of carbonyl (C=O) groups is 2. The normalized spacial score (nSPS) is 10.2. The van der Waals surface area contributed by atoms with Gasteiger partial charge >= 0.3 is 0 Å². The van der Waals surface area contributed by atoms with Crippen molar-refractivity contribution >= 4 is 11.8 Å². The van der Waals surface area contributed by atoms with Crippen molar-refractivity contribution < 1.29 is 19.1 Å². The Balaban J connectivity index is 1.50. The van der Waals surface area contributed by atoms with Crippen molar-refractivity contribution in [3.8, 4) is 22.6 Å². The number of amides is 2. The van der Waals surface area contributed by atoms with E-state index < -0.39 is 11.8 Å². The minimum atomic E-state index is -0.464. The van der Waals surface area contributed by atoms with Crippen LogP contribution >= 0.6 is 0 Å². The molecular formula is C24H24N2O4. The number of rotatable bonds is 8. The van der Waals surface area contributed by atoms with Gasteiger partial charge in [-0.05, 0) is 42.3 Å². The molecular weight excluding hydrogens is 380 g/mol. The standard InChI is InChI=1S/C24H24N2O4/c1-2-16-29-20-14-12-19(13-15-20)24(28)26-25-23(27)17-30-22-11-7-6-10-21(22)18-8-4-3-5-9-18/h3-15H,2,16-17H2,1H3,(H,25,27)(H,26,28). The van der Waals surface area contributed by atoms with Gasteiger partial charge in [-0.2, -0.15) is 0 Å². The lowest BCUT2D eigenvalue weighted by atomic mass is 10.1. The summed E-state index contributed by atoms with van der Waals surface area (Å²) in [6, 6.07) is 24.0. The Morgan fingerprint density at radius 1 is 0.800 bits per heavy atom. The van der Waals surface area contributed by atoms with Gasteiger partial charge in [0.1, 0.15) is 11.5 Å². The van der Waals surface area contributed by atoms with Crippen molar-refractivity contribution in [1.29, 1.82) is 0 Å². The Hall–Kier alpha value is -3.80. The molecule has 3 aromatic rings. The second-order valence-corrected chi connectivity index (χ2v) is 6.53. The van der Waals surface area contributed by atoms with Gasteiger partial charge in [0.2, 0.25) is 0 Å². The fourth-order valence-electron chi connectivity index (χ4n) is 2.75. The number of hydrogen-bond acceptors (Lipinski definition) is 4. The predicted molar refractivity (Wildman–Crippen MR) is 115 cm³/mol. The lowest BCUT2D eigenvalue weighted by molar-refractivity contribution is -0.123. The predicted octanol–water partition coefficient (Wildman–Crippen LogP) is 3.98. The van der Waals surface area contributed by atoms with Gasteiger partial charge in [0.25, 0.3) is 11.8 Å². The topological polar surface area (TPSA) is 76.7 Å². The number of hydrazine groups is 1. The summed E-state index contributed by atoms with van der Waals surface area (Å²) in [6.07, 6.45) is 0.909. The van der Waals surface area contributed by atoms with Gasteiger partial charge in [-0.25, -0.2) is 0 Å². The number of nitrogens with one attached hydrogen (secondary N) is 2. The first kappa shape index (κ1) is 20.9. The molecule has 0 aliphatic rings. The molecule has 0 saturated carbocycles. The molecule has 0 aromatic heterocycles. The first-order chi connectivity index (χ1) is 14.7.